The van der Waals surface area contributed by atoms with Crippen LogP contribution in [0.5, 0.6) is 0 Å². The van der Waals surface area contributed by atoms with E-state index in [-0.39, 0.29) is 0 Å². The molecule has 13 heavy (non-hydrogen) atoms. The van der Waals surface area contributed by atoms with Crippen molar-refractivity contribution in [2.24, 2.45) is 10.7 Å². The molecule has 76 valence electrons. The molecule has 1 fully saturated rings. The van der Waals surface area contributed by atoms with E-state index in [4.69, 9.17) is 5.73 Å². The third kappa shape index (κ3) is 3.22. The first kappa shape index (κ1) is 10.3. The second kappa shape index (κ2) is 4.46. The van der Waals surface area contributed by atoms with Crippen LogP contribution < -0.4 is 11.1 Å². The number of nitrogens with one attached hydrogen (secondary N) is 1. The average Bonchev–Trinajstić information content (AvgIpc) is 2.51. The van der Waals surface area contributed by atoms with Gasteiger partial charge in [-0.3, -0.25) is 4.99 Å². The number of nitrogens with two attached hydrogens (primary N) is 1. The monoisotopic (exact) mass is 185 g/mol. The quantitative estimate of drug-likeness (QED) is 0.435. The van der Waals surface area contributed by atoms with E-state index in [2.05, 4.69) is 10.3 Å². The minimum absolute atomic E-state index is 0.433. The summed E-state index contributed by atoms with van der Waals surface area (Å²) < 4.78 is 0. The highest BCUT2D eigenvalue weighted by Crippen LogP contribution is 2.29. The van der Waals surface area contributed by atoms with E-state index in [0.29, 0.717) is 12.5 Å². The molecule has 0 radical (unpaired) electrons. The van der Waals surface area contributed by atoms with Crippen molar-refractivity contribution in [3.63, 3.8) is 0 Å². The van der Waals surface area contributed by atoms with Crippen molar-refractivity contribution in [1.29, 1.82) is 0 Å². The summed E-state index contributed by atoms with van der Waals surface area (Å²) in [5, 5.41) is 12.8. The summed E-state index contributed by atoms with van der Waals surface area (Å²) >= 11 is 0. The third-order valence-corrected chi connectivity index (χ3v) is 2.44. The predicted octanol–water partition coefficient (Wildman–Crippen LogP) is 0.216. The lowest BCUT2D eigenvalue weighted by atomic mass is 10.0. The molecule has 0 aliphatic heterocycles. The first-order valence-electron chi connectivity index (χ1n) is 4.92. The SMILES string of the molecule is CCNC(N)=NCC1(O)CCCC1. The van der Waals surface area contributed by atoms with Gasteiger partial charge in [-0.2, -0.15) is 0 Å². The standard InChI is InChI=1S/C9H19N3O/c1-2-11-8(10)12-7-9(13)5-3-4-6-9/h13H,2-7H2,1H3,(H3,10,11,12). The highest BCUT2D eigenvalue weighted by Gasteiger charge is 2.30. The van der Waals surface area contributed by atoms with E-state index >= 15 is 0 Å². The summed E-state index contributed by atoms with van der Waals surface area (Å²) in [7, 11) is 0. The normalized spacial score (nSPS) is 21.8. The topological polar surface area (TPSA) is 70.6 Å². The molecular weight excluding hydrogens is 166 g/mol. The molecule has 1 saturated carbocycles. The number of rotatable bonds is 3. The van der Waals surface area contributed by atoms with Crippen molar-refractivity contribution in [3.05, 3.63) is 0 Å². The number of guanidine groups is 1. The Morgan fingerprint density at radius 3 is 2.69 bits per heavy atom. The molecule has 0 saturated heterocycles. The van der Waals surface area contributed by atoms with Gasteiger partial charge < -0.3 is 16.2 Å². The smallest absolute Gasteiger partial charge is 0.188 e. The van der Waals surface area contributed by atoms with Gasteiger partial charge in [0.05, 0.1) is 12.1 Å². The van der Waals surface area contributed by atoms with Crippen LogP contribution in [0.15, 0.2) is 4.99 Å². The molecule has 4 nitrogen and oxygen atoms in total. The van der Waals surface area contributed by atoms with Gasteiger partial charge >= 0.3 is 0 Å². The molecule has 0 amide bonds. The van der Waals surface area contributed by atoms with Crippen LogP contribution in [0.2, 0.25) is 0 Å². The summed E-state index contributed by atoms with van der Waals surface area (Å²) in [6.07, 6.45) is 3.92. The lowest BCUT2D eigenvalue weighted by Crippen LogP contribution is -2.35. The van der Waals surface area contributed by atoms with Crippen LogP contribution in [-0.4, -0.2) is 29.8 Å². The first-order chi connectivity index (χ1) is 6.16. The number of hydrogen-bond acceptors (Lipinski definition) is 2. The second-order valence-electron chi connectivity index (χ2n) is 3.66. The van der Waals surface area contributed by atoms with Crippen molar-refractivity contribution >= 4 is 5.96 Å². The van der Waals surface area contributed by atoms with Crippen LogP contribution in [0.1, 0.15) is 32.6 Å². The minimum atomic E-state index is -0.583. The van der Waals surface area contributed by atoms with E-state index in [1.54, 1.807) is 0 Å². The van der Waals surface area contributed by atoms with E-state index in [0.717, 1.165) is 32.2 Å². The summed E-state index contributed by atoms with van der Waals surface area (Å²) in [4.78, 5) is 4.10. The Kier molecular flexibility index (Phi) is 3.54. The Morgan fingerprint density at radius 2 is 2.15 bits per heavy atom. The van der Waals surface area contributed by atoms with Crippen LogP contribution in [-0.2, 0) is 0 Å². The largest absolute Gasteiger partial charge is 0.388 e. The van der Waals surface area contributed by atoms with Crippen LogP contribution in [0.3, 0.4) is 0 Å². The highest BCUT2D eigenvalue weighted by molar-refractivity contribution is 5.77. The fourth-order valence-electron chi connectivity index (χ4n) is 1.66. The lowest BCUT2D eigenvalue weighted by molar-refractivity contribution is 0.0575. The zero-order valence-corrected chi connectivity index (χ0v) is 8.21. The van der Waals surface area contributed by atoms with Crippen molar-refractivity contribution in [2.45, 2.75) is 38.2 Å². The molecule has 4 N–H and O–H groups in total. The van der Waals surface area contributed by atoms with Crippen LogP contribution in [0, 0.1) is 0 Å². The van der Waals surface area contributed by atoms with Gasteiger partial charge in [0.25, 0.3) is 0 Å². The Balaban J connectivity index is 2.35. The zero-order chi connectivity index (χ0) is 9.73. The Hall–Kier alpha value is -0.770. The van der Waals surface area contributed by atoms with Crippen LogP contribution >= 0.6 is 0 Å². The molecule has 1 rings (SSSR count). The van der Waals surface area contributed by atoms with Gasteiger partial charge in [-0.1, -0.05) is 12.8 Å². The van der Waals surface area contributed by atoms with E-state index < -0.39 is 5.60 Å². The molecule has 0 aromatic heterocycles. The zero-order valence-electron chi connectivity index (χ0n) is 8.21. The van der Waals surface area contributed by atoms with Crippen LogP contribution in [0.4, 0.5) is 0 Å². The Morgan fingerprint density at radius 1 is 1.54 bits per heavy atom. The van der Waals surface area contributed by atoms with E-state index in [9.17, 15) is 5.11 Å². The minimum Gasteiger partial charge on any atom is -0.388 e. The summed E-state index contributed by atoms with van der Waals surface area (Å²) in [6.45, 7) is 3.17. The van der Waals surface area contributed by atoms with Crippen molar-refractivity contribution in [3.8, 4) is 0 Å². The molecule has 1 aliphatic carbocycles. The number of aliphatic imine (C=N–C) groups is 1. The second-order valence-corrected chi connectivity index (χ2v) is 3.66. The molecule has 0 atom stereocenters. The fraction of sp³-hybridized carbons (Fsp3) is 0.889. The number of hydrogen-bond donors (Lipinski definition) is 3. The molecule has 4 heteroatoms. The Labute approximate surface area is 79.2 Å². The number of aliphatic hydroxyl groups is 1. The molecule has 0 unspecified atom stereocenters. The maximum Gasteiger partial charge on any atom is 0.188 e. The van der Waals surface area contributed by atoms with Gasteiger partial charge in [0, 0.05) is 6.54 Å². The number of nitrogens with zero attached hydrogens (tertiary/aromatic N) is 1. The van der Waals surface area contributed by atoms with Gasteiger partial charge in [-0.25, -0.2) is 0 Å². The first-order valence-corrected chi connectivity index (χ1v) is 4.92. The fourth-order valence-corrected chi connectivity index (χ4v) is 1.66. The van der Waals surface area contributed by atoms with Crippen molar-refractivity contribution < 1.29 is 5.11 Å². The lowest BCUT2D eigenvalue weighted by Gasteiger charge is -2.19. The average molecular weight is 185 g/mol. The maximum atomic E-state index is 9.92. The van der Waals surface area contributed by atoms with Crippen molar-refractivity contribution in [1.82, 2.24) is 5.32 Å². The summed E-state index contributed by atoms with van der Waals surface area (Å²) in [5.41, 5.74) is 4.97. The third-order valence-electron chi connectivity index (χ3n) is 2.44. The van der Waals surface area contributed by atoms with Crippen molar-refractivity contribution in [2.75, 3.05) is 13.1 Å². The van der Waals surface area contributed by atoms with Gasteiger partial charge in [-0.05, 0) is 19.8 Å². The predicted molar refractivity (Wildman–Crippen MR) is 53.6 cm³/mol. The molecular formula is C9H19N3O. The highest BCUT2D eigenvalue weighted by atomic mass is 16.3. The molecule has 0 aromatic rings. The van der Waals surface area contributed by atoms with Gasteiger partial charge in [0.1, 0.15) is 0 Å². The molecule has 0 aromatic carbocycles. The Bertz CT molecular complexity index is 185. The molecule has 0 heterocycles. The molecule has 0 spiro atoms. The van der Waals surface area contributed by atoms with Gasteiger partial charge in [0.2, 0.25) is 0 Å². The summed E-state index contributed by atoms with van der Waals surface area (Å²) in [6, 6.07) is 0. The molecule has 1 aliphatic rings. The van der Waals surface area contributed by atoms with E-state index in [1.807, 2.05) is 6.92 Å². The van der Waals surface area contributed by atoms with E-state index in [1.165, 1.54) is 0 Å². The molecule has 0 bridgehead atoms. The van der Waals surface area contributed by atoms with Crippen LogP contribution in [0.25, 0.3) is 0 Å². The maximum absolute atomic E-state index is 9.92. The van der Waals surface area contributed by atoms with Gasteiger partial charge in [0.15, 0.2) is 5.96 Å². The summed E-state index contributed by atoms with van der Waals surface area (Å²) in [5.74, 6) is 0.433. The van der Waals surface area contributed by atoms with Gasteiger partial charge in [-0.15, -0.1) is 0 Å².